The van der Waals surface area contributed by atoms with Gasteiger partial charge in [0.1, 0.15) is 10.5 Å². The summed E-state index contributed by atoms with van der Waals surface area (Å²) in [6.07, 6.45) is 0. The van der Waals surface area contributed by atoms with Gasteiger partial charge < -0.3 is 8.68 Å². The van der Waals surface area contributed by atoms with E-state index in [1.54, 1.807) is 0 Å². The zero-order chi connectivity index (χ0) is 8.15. The molecule has 0 saturated heterocycles. The third kappa shape index (κ3) is 3.50. The van der Waals surface area contributed by atoms with Crippen LogP contribution in [0.2, 0.25) is 0 Å². The van der Waals surface area contributed by atoms with Crippen molar-refractivity contribution in [2.24, 2.45) is 0 Å². The minimum atomic E-state index is -0.364. The van der Waals surface area contributed by atoms with Crippen molar-refractivity contribution in [1.82, 2.24) is 4.57 Å². The van der Waals surface area contributed by atoms with Crippen LogP contribution in [-0.4, -0.2) is 37.1 Å². The van der Waals surface area contributed by atoms with Crippen molar-refractivity contribution in [3.05, 3.63) is 0 Å². The molecule has 0 unspecified atom stereocenters. The molecule has 62 valence electrons. The number of hydrogen-bond donors (Lipinski definition) is 0. The van der Waals surface area contributed by atoms with Crippen molar-refractivity contribution >= 4 is 20.4 Å². The predicted molar refractivity (Wildman–Crippen MR) is 51.7 cm³/mol. The Bertz CT molecular complexity index is 79.8. The topological polar surface area (TPSA) is 12.5 Å². The second kappa shape index (κ2) is 5.06. The normalized spacial score (nSPS) is 13.5. The van der Waals surface area contributed by atoms with Crippen molar-refractivity contribution in [2.45, 2.75) is 39.8 Å². The molecule has 0 heterocycles. The minimum Gasteiger partial charge on any atom is -0.457 e. The zero-order valence-electron chi connectivity index (χ0n) is 7.72. The second-order valence-electron chi connectivity index (χ2n) is 3.12. The van der Waals surface area contributed by atoms with Crippen molar-refractivity contribution < 1.29 is 4.12 Å². The van der Waals surface area contributed by atoms with E-state index in [0.29, 0.717) is 12.1 Å². The standard InChI is InChI=1S/C6H19NOSi2/c1-5(2)7(6(3)4)10-8-9/h5-6H,10H2,1-4,9H3. The van der Waals surface area contributed by atoms with Crippen LogP contribution in [0.4, 0.5) is 0 Å². The third-order valence-electron chi connectivity index (χ3n) is 1.60. The van der Waals surface area contributed by atoms with Gasteiger partial charge in [0.2, 0.25) is 9.92 Å². The summed E-state index contributed by atoms with van der Waals surface area (Å²) < 4.78 is 7.80. The quantitative estimate of drug-likeness (QED) is 0.532. The van der Waals surface area contributed by atoms with Gasteiger partial charge in [-0.1, -0.05) is 27.7 Å². The van der Waals surface area contributed by atoms with E-state index in [0.717, 1.165) is 10.5 Å². The van der Waals surface area contributed by atoms with Crippen molar-refractivity contribution in [1.29, 1.82) is 0 Å². The molecule has 0 fully saturated rings. The maximum atomic E-state index is 5.33. The first-order chi connectivity index (χ1) is 4.59. The fraction of sp³-hybridized carbons (Fsp3) is 1.00. The number of hydrogen-bond acceptors (Lipinski definition) is 2. The molecule has 0 aliphatic rings. The van der Waals surface area contributed by atoms with Gasteiger partial charge in [0.05, 0.1) is 0 Å². The molecule has 0 atom stereocenters. The Balaban J connectivity index is 3.73. The van der Waals surface area contributed by atoms with Gasteiger partial charge in [0.25, 0.3) is 0 Å². The Labute approximate surface area is 69.5 Å². The lowest BCUT2D eigenvalue weighted by Crippen LogP contribution is -2.40. The Morgan fingerprint density at radius 3 is 1.70 bits per heavy atom. The summed E-state index contributed by atoms with van der Waals surface area (Å²) in [5, 5.41) is 0. The smallest absolute Gasteiger partial charge is 0.227 e. The largest absolute Gasteiger partial charge is 0.457 e. The van der Waals surface area contributed by atoms with Crippen LogP contribution in [0.3, 0.4) is 0 Å². The SMILES string of the molecule is CC(C)N([SiH2]O[SiH3])C(C)C. The van der Waals surface area contributed by atoms with Crippen LogP contribution in [-0.2, 0) is 4.12 Å². The van der Waals surface area contributed by atoms with Crippen LogP contribution >= 0.6 is 0 Å². The monoisotopic (exact) mass is 177 g/mol. The van der Waals surface area contributed by atoms with E-state index in [9.17, 15) is 0 Å². The molecule has 2 nitrogen and oxygen atoms in total. The maximum Gasteiger partial charge on any atom is 0.227 e. The molecule has 0 aromatic carbocycles. The van der Waals surface area contributed by atoms with Crippen LogP contribution in [0.5, 0.6) is 0 Å². The average molecular weight is 177 g/mol. The average Bonchev–Trinajstić information content (AvgIpc) is 1.81. The van der Waals surface area contributed by atoms with Gasteiger partial charge >= 0.3 is 0 Å². The molecule has 4 heteroatoms. The van der Waals surface area contributed by atoms with Gasteiger partial charge in [-0.3, -0.25) is 0 Å². The van der Waals surface area contributed by atoms with E-state index in [-0.39, 0.29) is 9.92 Å². The van der Waals surface area contributed by atoms with Gasteiger partial charge in [-0.25, -0.2) is 0 Å². The predicted octanol–water partition coefficient (Wildman–Crippen LogP) is -0.599. The molecular formula is C6H19NOSi2. The van der Waals surface area contributed by atoms with Crippen molar-refractivity contribution in [2.75, 3.05) is 0 Å². The highest BCUT2D eigenvalue weighted by Gasteiger charge is 2.11. The minimum absolute atomic E-state index is 0.364. The molecule has 0 N–H and O–H groups in total. The molecule has 0 aromatic heterocycles. The van der Waals surface area contributed by atoms with Crippen LogP contribution in [0.25, 0.3) is 0 Å². The summed E-state index contributed by atoms with van der Waals surface area (Å²) >= 11 is 0. The van der Waals surface area contributed by atoms with Gasteiger partial charge in [0.15, 0.2) is 0 Å². The van der Waals surface area contributed by atoms with E-state index in [2.05, 4.69) is 32.3 Å². The molecule has 0 bridgehead atoms. The number of rotatable bonds is 4. The van der Waals surface area contributed by atoms with Gasteiger partial charge in [-0.15, -0.1) is 0 Å². The van der Waals surface area contributed by atoms with Crippen LogP contribution < -0.4 is 0 Å². The molecule has 0 aliphatic carbocycles. The summed E-state index contributed by atoms with van der Waals surface area (Å²) in [6.45, 7) is 8.92. The lowest BCUT2D eigenvalue weighted by atomic mass is 10.3. The first-order valence-corrected chi connectivity index (χ1v) is 5.87. The number of nitrogens with zero attached hydrogens (tertiary/aromatic N) is 1. The van der Waals surface area contributed by atoms with Crippen LogP contribution in [0.1, 0.15) is 27.7 Å². The van der Waals surface area contributed by atoms with Gasteiger partial charge in [-0.05, 0) is 12.1 Å². The highest BCUT2D eigenvalue weighted by Crippen LogP contribution is 2.01. The lowest BCUT2D eigenvalue weighted by molar-refractivity contribution is 0.286. The highest BCUT2D eigenvalue weighted by molar-refractivity contribution is 6.31. The van der Waals surface area contributed by atoms with Crippen LogP contribution in [0.15, 0.2) is 0 Å². The lowest BCUT2D eigenvalue weighted by Gasteiger charge is -2.29. The first-order valence-electron chi connectivity index (χ1n) is 3.84. The van der Waals surface area contributed by atoms with Gasteiger partial charge in [-0.2, -0.15) is 0 Å². The van der Waals surface area contributed by atoms with E-state index >= 15 is 0 Å². The summed E-state index contributed by atoms with van der Waals surface area (Å²) in [5.41, 5.74) is 0. The Hall–Kier alpha value is 0.354. The Kier molecular flexibility index (Phi) is 5.24. The maximum absolute atomic E-state index is 5.33. The van der Waals surface area contributed by atoms with E-state index in [4.69, 9.17) is 4.12 Å². The van der Waals surface area contributed by atoms with Crippen LogP contribution in [0, 0.1) is 0 Å². The Morgan fingerprint density at radius 1 is 1.20 bits per heavy atom. The molecule has 0 spiro atoms. The first kappa shape index (κ1) is 10.4. The Morgan fingerprint density at radius 2 is 1.60 bits per heavy atom. The third-order valence-corrected chi connectivity index (χ3v) is 4.40. The van der Waals surface area contributed by atoms with E-state index in [1.807, 2.05) is 0 Å². The fourth-order valence-corrected chi connectivity index (χ4v) is 2.83. The highest BCUT2D eigenvalue weighted by atomic mass is 28.3. The summed E-state index contributed by atoms with van der Waals surface area (Å²) in [6, 6.07) is 1.31. The zero-order valence-corrected chi connectivity index (χ0v) is 11.1. The summed E-state index contributed by atoms with van der Waals surface area (Å²) in [5.74, 6) is 0. The van der Waals surface area contributed by atoms with Crippen molar-refractivity contribution in [3.8, 4) is 0 Å². The second-order valence-corrected chi connectivity index (χ2v) is 6.42. The summed E-state index contributed by atoms with van der Waals surface area (Å²) in [4.78, 5) is 0. The van der Waals surface area contributed by atoms with E-state index < -0.39 is 0 Å². The molecule has 0 aliphatic heterocycles. The fourth-order valence-electron chi connectivity index (χ4n) is 1.04. The molecule has 0 saturated carbocycles. The molecule has 0 radical (unpaired) electrons. The molecule has 0 amide bonds. The molecular weight excluding hydrogens is 158 g/mol. The molecule has 0 aromatic rings. The molecule has 10 heavy (non-hydrogen) atoms. The van der Waals surface area contributed by atoms with E-state index in [1.165, 1.54) is 0 Å². The van der Waals surface area contributed by atoms with Crippen molar-refractivity contribution in [3.63, 3.8) is 0 Å². The summed E-state index contributed by atoms with van der Waals surface area (Å²) in [7, 11) is 0.534. The van der Waals surface area contributed by atoms with Gasteiger partial charge in [0, 0.05) is 0 Å². The molecule has 0 rings (SSSR count).